The largest absolute Gasteiger partial charge is 0.480 e. The van der Waals surface area contributed by atoms with Crippen LogP contribution >= 0.6 is 24.0 Å². The number of nitrogens with zero attached hydrogens (tertiary/aromatic N) is 3. The van der Waals surface area contributed by atoms with Crippen molar-refractivity contribution in [3.63, 3.8) is 0 Å². The number of anilines is 1. The number of carboxylic acid groups (broad SMARTS) is 1. The van der Waals surface area contributed by atoms with E-state index in [1.807, 2.05) is 13.0 Å². The lowest BCUT2D eigenvalue weighted by Gasteiger charge is -2.20. The van der Waals surface area contributed by atoms with Crippen molar-refractivity contribution < 1.29 is 19.1 Å². The molecule has 0 unspecified atom stereocenters. The molecule has 1 aliphatic rings. The van der Waals surface area contributed by atoms with E-state index in [4.69, 9.17) is 17.3 Å². The number of hydrogen-bond acceptors (Lipinski definition) is 7. The second-order valence-electron chi connectivity index (χ2n) is 7.83. The van der Waals surface area contributed by atoms with Gasteiger partial charge in [0, 0.05) is 18.7 Å². The highest BCUT2D eigenvalue weighted by Gasteiger charge is 2.34. The van der Waals surface area contributed by atoms with Crippen LogP contribution in [0.3, 0.4) is 0 Å². The molecule has 0 atom stereocenters. The smallest absolute Gasteiger partial charge is 0.323 e. The van der Waals surface area contributed by atoms with E-state index in [-0.39, 0.29) is 27.2 Å². The molecule has 11 heteroatoms. The number of carbonyl (C=O) groups is 2. The fraction of sp³-hybridized carbons (Fsp3) is 0.292. The molecule has 2 heterocycles. The van der Waals surface area contributed by atoms with Crippen molar-refractivity contribution in [2.24, 2.45) is 0 Å². The Kier molecular flexibility index (Phi) is 8.43. The molecule has 1 amide bonds. The monoisotopic (exact) mass is 514 g/mol. The summed E-state index contributed by atoms with van der Waals surface area (Å²) in [5.41, 5.74) is 1.11. The summed E-state index contributed by atoms with van der Waals surface area (Å²) in [7, 11) is 0. The first-order chi connectivity index (χ1) is 16.7. The van der Waals surface area contributed by atoms with E-state index in [2.05, 4.69) is 5.32 Å². The lowest BCUT2D eigenvalue weighted by atomic mass is 10.0. The van der Waals surface area contributed by atoms with Crippen LogP contribution in [0, 0.1) is 24.1 Å². The number of aliphatic carboxylic acids is 1. The number of nitriles is 1. The Morgan fingerprint density at radius 2 is 2.00 bits per heavy atom. The van der Waals surface area contributed by atoms with E-state index in [1.54, 1.807) is 19.1 Å². The molecule has 1 aliphatic heterocycles. The van der Waals surface area contributed by atoms with Gasteiger partial charge in [-0.15, -0.1) is 0 Å². The van der Waals surface area contributed by atoms with E-state index >= 15 is 0 Å². The second kappa shape index (κ2) is 11.3. The molecule has 2 aromatic rings. The van der Waals surface area contributed by atoms with Crippen molar-refractivity contribution in [1.82, 2.24) is 9.47 Å². The summed E-state index contributed by atoms with van der Waals surface area (Å²) in [6.07, 6.45) is 3.02. The number of benzene rings is 1. The van der Waals surface area contributed by atoms with Crippen molar-refractivity contribution in [2.75, 3.05) is 11.9 Å². The quantitative estimate of drug-likeness (QED) is 0.383. The van der Waals surface area contributed by atoms with E-state index in [0.29, 0.717) is 29.9 Å². The standard InChI is InChI=1S/C24H23FN4O4S2/c1-3-4-9-28-21(27-12-15-5-7-16(25)8-6-15)17(14(2)18(11-26)22(28)32)10-19-23(33)29(13-20(30)31)24(34)35-19/h5-8,10,27H,3-4,9,12-13H2,1-2H3,(H,30,31)/b19-10+. The fourth-order valence-corrected chi connectivity index (χ4v) is 4.81. The predicted molar refractivity (Wildman–Crippen MR) is 136 cm³/mol. The Morgan fingerprint density at radius 3 is 2.60 bits per heavy atom. The van der Waals surface area contributed by atoms with Gasteiger partial charge in [0.15, 0.2) is 0 Å². The Bertz CT molecular complexity index is 1310. The molecule has 1 aromatic carbocycles. The van der Waals surface area contributed by atoms with Gasteiger partial charge in [-0.2, -0.15) is 5.26 Å². The average molecular weight is 515 g/mol. The molecule has 0 radical (unpaired) electrons. The minimum atomic E-state index is -1.19. The Hall–Kier alpha value is -3.49. The highest BCUT2D eigenvalue weighted by molar-refractivity contribution is 8.26. The van der Waals surface area contributed by atoms with Crippen molar-refractivity contribution in [3.8, 4) is 6.07 Å². The zero-order chi connectivity index (χ0) is 25.7. The van der Waals surface area contributed by atoms with E-state index in [9.17, 15) is 24.0 Å². The average Bonchev–Trinajstić information content (AvgIpc) is 3.07. The van der Waals surface area contributed by atoms with Crippen LogP contribution in [0.5, 0.6) is 0 Å². The van der Waals surface area contributed by atoms with Crippen LogP contribution in [0.1, 0.15) is 42.0 Å². The van der Waals surface area contributed by atoms with E-state index in [1.165, 1.54) is 22.8 Å². The molecule has 8 nitrogen and oxygen atoms in total. The number of aromatic nitrogens is 1. The zero-order valence-electron chi connectivity index (χ0n) is 19.1. The molecule has 2 N–H and O–H groups in total. The van der Waals surface area contributed by atoms with Gasteiger partial charge in [-0.05, 0) is 42.7 Å². The van der Waals surface area contributed by atoms with Gasteiger partial charge < -0.3 is 10.4 Å². The Balaban J connectivity index is 2.15. The third kappa shape index (κ3) is 5.78. The first-order valence-electron chi connectivity index (χ1n) is 10.8. The number of rotatable bonds is 9. The molecule has 0 saturated carbocycles. The number of carbonyl (C=O) groups excluding carboxylic acids is 1. The topological polar surface area (TPSA) is 115 Å². The maximum absolute atomic E-state index is 13.3. The number of thioether (sulfide) groups is 1. The Labute approximate surface area is 211 Å². The third-order valence-corrected chi connectivity index (χ3v) is 6.80. The minimum absolute atomic E-state index is 0.0410. The summed E-state index contributed by atoms with van der Waals surface area (Å²) < 4.78 is 14.9. The van der Waals surface area contributed by atoms with Crippen molar-refractivity contribution in [3.05, 3.63) is 67.6 Å². The molecule has 1 saturated heterocycles. The molecular weight excluding hydrogens is 491 g/mol. The molecule has 1 aromatic heterocycles. The van der Waals surface area contributed by atoms with E-state index in [0.717, 1.165) is 28.6 Å². The number of thiocarbonyl (C=S) groups is 1. The SMILES string of the molecule is CCCCn1c(NCc2ccc(F)cc2)c(/C=C2/SC(=S)N(CC(=O)O)C2=O)c(C)c(C#N)c1=O. The Morgan fingerprint density at radius 1 is 1.31 bits per heavy atom. The third-order valence-electron chi connectivity index (χ3n) is 5.43. The maximum Gasteiger partial charge on any atom is 0.323 e. The van der Waals surface area contributed by atoms with Gasteiger partial charge >= 0.3 is 5.97 Å². The molecule has 0 bridgehead atoms. The number of carboxylic acids is 1. The van der Waals surface area contributed by atoms with Gasteiger partial charge in [0.1, 0.15) is 34.1 Å². The van der Waals surface area contributed by atoms with Gasteiger partial charge in [-0.1, -0.05) is 49.5 Å². The normalized spacial score (nSPS) is 14.5. The maximum atomic E-state index is 13.3. The first kappa shape index (κ1) is 26.1. The van der Waals surface area contributed by atoms with Crippen LogP contribution in [0.15, 0.2) is 34.0 Å². The highest BCUT2D eigenvalue weighted by atomic mass is 32.2. The van der Waals surface area contributed by atoms with Crippen LogP contribution < -0.4 is 10.9 Å². The van der Waals surface area contributed by atoms with Crippen molar-refractivity contribution >= 4 is 52.1 Å². The number of nitrogens with one attached hydrogen (secondary N) is 1. The molecule has 3 rings (SSSR count). The lowest BCUT2D eigenvalue weighted by molar-refractivity contribution is -0.140. The van der Waals surface area contributed by atoms with Gasteiger partial charge in [0.2, 0.25) is 0 Å². The van der Waals surface area contributed by atoms with Crippen LogP contribution in [-0.4, -0.2) is 37.3 Å². The number of hydrogen-bond donors (Lipinski definition) is 2. The summed E-state index contributed by atoms with van der Waals surface area (Å²) in [5.74, 6) is -1.71. The molecule has 0 aliphatic carbocycles. The van der Waals surface area contributed by atoms with Gasteiger partial charge in [0.25, 0.3) is 11.5 Å². The van der Waals surface area contributed by atoms with Crippen LogP contribution in [0.2, 0.25) is 0 Å². The minimum Gasteiger partial charge on any atom is -0.480 e. The zero-order valence-corrected chi connectivity index (χ0v) is 20.8. The summed E-state index contributed by atoms with van der Waals surface area (Å²) in [4.78, 5) is 38.3. The van der Waals surface area contributed by atoms with Gasteiger partial charge in [-0.3, -0.25) is 23.9 Å². The highest BCUT2D eigenvalue weighted by Crippen LogP contribution is 2.35. The summed E-state index contributed by atoms with van der Waals surface area (Å²) >= 11 is 6.14. The second-order valence-corrected chi connectivity index (χ2v) is 9.50. The first-order valence-corrected chi connectivity index (χ1v) is 12.0. The summed E-state index contributed by atoms with van der Waals surface area (Å²) in [6.45, 7) is 3.65. The lowest BCUT2D eigenvalue weighted by Crippen LogP contribution is -2.33. The number of pyridine rings is 1. The van der Waals surface area contributed by atoms with Crippen molar-refractivity contribution in [1.29, 1.82) is 5.26 Å². The van der Waals surface area contributed by atoms with Crippen LogP contribution in [-0.2, 0) is 22.7 Å². The molecular formula is C24H23FN4O4S2. The molecule has 0 spiro atoms. The summed E-state index contributed by atoms with van der Waals surface area (Å²) in [6, 6.07) is 7.87. The van der Waals surface area contributed by atoms with Gasteiger partial charge in [-0.25, -0.2) is 4.39 Å². The summed E-state index contributed by atoms with van der Waals surface area (Å²) in [5, 5.41) is 22.0. The molecule has 182 valence electrons. The number of unbranched alkanes of at least 4 members (excludes halogenated alkanes) is 1. The predicted octanol–water partition coefficient (Wildman–Crippen LogP) is 3.87. The molecule has 1 fully saturated rings. The number of amides is 1. The van der Waals surface area contributed by atoms with Crippen LogP contribution in [0.4, 0.5) is 10.2 Å². The fourth-order valence-electron chi connectivity index (χ4n) is 3.57. The van der Waals surface area contributed by atoms with Gasteiger partial charge in [0.05, 0.1) is 4.91 Å². The van der Waals surface area contributed by atoms with E-state index < -0.39 is 24.0 Å². The molecule has 35 heavy (non-hydrogen) atoms. The van der Waals surface area contributed by atoms with Crippen LogP contribution in [0.25, 0.3) is 6.08 Å². The number of halogens is 1. The van der Waals surface area contributed by atoms with Crippen molar-refractivity contribution in [2.45, 2.75) is 39.8 Å².